The Morgan fingerprint density at radius 2 is 1.00 bits per heavy atom. The van der Waals surface area contributed by atoms with Crippen molar-refractivity contribution in [3.8, 4) is 0 Å². The van der Waals surface area contributed by atoms with Gasteiger partial charge in [-0.3, -0.25) is 0 Å². The monoisotopic (exact) mass is 508 g/mol. The molecule has 0 aromatic heterocycles. The summed E-state index contributed by atoms with van der Waals surface area (Å²) in [7, 11) is 0. The van der Waals surface area contributed by atoms with Gasteiger partial charge in [0, 0.05) is 12.8 Å². The Morgan fingerprint density at radius 1 is 0.704 bits per heavy atom. The standard InChI is InChI=1S/2C5H8F2O2.2C4H9.Sn/c2*1-2-3-5(6,7)4(8)9;2*1-3-4-2;/h2*2-3H2,1H3,(H,8,9);2*1,3-4H2,2H3;/q;;;;+2/p-2. The van der Waals surface area contributed by atoms with Crippen LogP contribution >= 0.6 is 0 Å². The minimum atomic E-state index is -3.64. The first-order chi connectivity index (χ1) is 12.4. The number of rotatable bonds is 12. The first-order valence-corrected chi connectivity index (χ1v) is 13.4. The van der Waals surface area contributed by atoms with E-state index in [0.717, 1.165) is 0 Å². The average molecular weight is 507 g/mol. The molecule has 0 saturated carbocycles. The fraction of sp³-hybridized carbons (Fsp3) is 0.889. The molecule has 0 heterocycles. The molecular formula is C18H32F4O4Sn. The molecule has 9 heteroatoms. The Labute approximate surface area is 170 Å². The first-order valence-electron chi connectivity index (χ1n) is 9.32. The summed E-state index contributed by atoms with van der Waals surface area (Å²) in [5, 5.41) is 19.1. The van der Waals surface area contributed by atoms with Crippen molar-refractivity contribution in [1.82, 2.24) is 0 Å². The number of carbonyl (C=O) groups excluding carboxylic acids is 2. The maximum atomic E-state index is 11.9. The molecule has 0 radical (unpaired) electrons. The van der Waals surface area contributed by atoms with Crippen LogP contribution in [0, 0.1) is 0 Å². The van der Waals surface area contributed by atoms with Crippen LogP contribution in [0.2, 0.25) is 8.87 Å². The van der Waals surface area contributed by atoms with E-state index in [4.69, 9.17) is 0 Å². The molecule has 0 amide bonds. The molecule has 0 aliphatic rings. The quantitative estimate of drug-likeness (QED) is 0.230. The van der Waals surface area contributed by atoms with Gasteiger partial charge in [-0.25, -0.2) is 17.6 Å². The van der Waals surface area contributed by atoms with E-state index < -0.39 is 36.6 Å². The third-order valence-corrected chi connectivity index (χ3v) is 7.18. The summed E-state index contributed by atoms with van der Waals surface area (Å²) in [4.78, 5) is 19.1. The van der Waals surface area contributed by atoms with E-state index in [9.17, 15) is 37.4 Å². The SMILES string of the molecule is CCCC(F)(F)C(=O)[O-].CCCC(F)(F)C(=O)[O-].CCC[CH2][Sn+2][CH2]CCC. The molecule has 27 heavy (non-hydrogen) atoms. The van der Waals surface area contributed by atoms with Crippen LogP contribution in [0.4, 0.5) is 17.6 Å². The van der Waals surface area contributed by atoms with Crippen molar-refractivity contribution in [3.05, 3.63) is 0 Å². The number of carbonyl (C=O) groups is 2. The summed E-state index contributed by atoms with van der Waals surface area (Å²) in [6.45, 7) is 7.55. The average Bonchev–Trinajstić information content (AvgIpc) is 2.55. The molecule has 0 aromatic carbocycles. The summed E-state index contributed by atoms with van der Waals surface area (Å²) in [6.07, 6.45) is 4.83. The summed E-state index contributed by atoms with van der Waals surface area (Å²) < 4.78 is 50.8. The Bertz CT molecular complexity index is 346. The molecule has 0 saturated heterocycles. The number of aliphatic carboxylic acids is 2. The van der Waals surface area contributed by atoms with Crippen molar-refractivity contribution < 1.29 is 37.4 Å². The zero-order valence-electron chi connectivity index (χ0n) is 16.7. The first kappa shape index (κ1) is 31.2. The van der Waals surface area contributed by atoms with Gasteiger partial charge in [0.15, 0.2) is 0 Å². The molecule has 0 bridgehead atoms. The third-order valence-electron chi connectivity index (χ3n) is 3.14. The second kappa shape index (κ2) is 18.8. The van der Waals surface area contributed by atoms with Gasteiger partial charge in [-0.05, 0) is 0 Å². The van der Waals surface area contributed by atoms with Gasteiger partial charge in [-0.15, -0.1) is 0 Å². The summed E-state index contributed by atoms with van der Waals surface area (Å²) >= 11 is 0.149. The molecule has 0 rings (SSSR count). The molecule has 0 aliphatic carbocycles. The molecule has 0 unspecified atom stereocenters. The molecule has 0 atom stereocenters. The van der Waals surface area contributed by atoms with Crippen molar-refractivity contribution in [2.45, 2.75) is 99.8 Å². The molecule has 0 fully saturated rings. The maximum absolute atomic E-state index is 11.9. The van der Waals surface area contributed by atoms with E-state index in [2.05, 4.69) is 13.8 Å². The zero-order chi connectivity index (χ0) is 21.9. The van der Waals surface area contributed by atoms with Gasteiger partial charge in [0.2, 0.25) is 0 Å². The van der Waals surface area contributed by atoms with Gasteiger partial charge < -0.3 is 19.8 Å². The molecule has 160 valence electrons. The van der Waals surface area contributed by atoms with Crippen LogP contribution in [0.25, 0.3) is 0 Å². The van der Waals surface area contributed by atoms with Crippen molar-refractivity contribution in [1.29, 1.82) is 0 Å². The van der Waals surface area contributed by atoms with Gasteiger partial charge in [-0.1, -0.05) is 26.7 Å². The fourth-order valence-electron chi connectivity index (χ4n) is 1.56. The van der Waals surface area contributed by atoms with Crippen molar-refractivity contribution in [2.24, 2.45) is 0 Å². The van der Waals surface area contributed by atoms with E-state index in [1.54, 1.807) is 8.87 Å². The van der Waals surface area contributed by atoms with Crippen LogP contribution in [0.5, 0.6) is 0 Å². The van der Waals surface area contributed by atoms with Gasteiger partial charge >= 0.3 is 69.5 Å². The van der Waals surface area contributed by atoms with Crippen LogP contribution in [0.15, 0.2) is 0 Å². The zero-order valence-corrected chi connectivity index (χ0v) is 19.6. The second-order valence-corrected chi connectivity index (χ2v) is 10.2. The van der Waals surface area contributed by atoms with E-state index in [-0.39, 0.29) is 34.0 Å². The van der Waals surface area contributed by atoms with E-state index in [1.165, 1.54) is 39.5 Å². The number of carboxylic acids is 2. The second-order valence-electron chi connectivity index (χ2n) is 5.94. The van der Waals surface area contributed by atoms with E-state index >= 15 is 0 Å². The number of alkyl halides is 4. The fourth-order valence-corrected chi connectivity index (χ4v) is 5.72. The van der Waals surface area contributed by atoms with Crippen molar-refractivity contribution in [3.63, 3.8) is 0 Å². The predicted molar refractivity (Wildman–Crippen MR) is 94.9 cm³/mol. The van der Waals surface area contributed by atoms with Crippen LogP contribution in [-0.4, -0.2) is 44.9 Å². The number of halogens is 4. The number of carboxylic acid groups (broad SMARTS) is 2. The van der Waals surface area contributed by atoms with Crippen LogP contribution < -0.4 is 10.2 Å². The van der Waals surface area contributed by atoms with E-state index in [0.29, 0.717) is 0 Å². The number of unbranched alkanes of at least 4 members (excludes halogenated alkanes) is 2. The van der Waals surface area contributed by atoms with Crippen LogP contribution in [0.1, 0.15) is 79.1 Å². The Kier molecular flexibility index (Phi) is 21.7. The van der Waals surface area contributed by atoms with Gasteiger partial charge in [0.25, 0.3) is 11.8 Å². The Morgan fingerprint density at radius 3 is 1.15 bits per heavy atom. The van der Waals surface area contributed by atoms with Crippen molar-refractivity contribution >= 4 is 33.1 Å². The molecule has 0 aromatic rings. The summed E-state index contributed by atoms with van der Waals surface area (Å²) in [6, 6.07) is 0. The van der Waals surface area contributed by atoms with Crippen LogP contribution in [0.3, 0.4) is 0 Å². The molecular weight excluding hydrogens is 475 g/mol. The topological polar surface area (TPSA) is 80.3 Å². The molecule has 0 aliphatic heterocycles. The Hall–Kier alpha value is -0.541. The minimum absolute atomic E-state index is 0.140. The van der Waals surface area contributed by atoms with Crippen LogP contribution in [-0.2, 0) is 9.59 Å². The van der Waals surface area contributed by atoms with Gasteiger partial charge in [0.1, 0.15) is 11.9 Å². The predicted octanol–water partition coefficient (Wildman–Crippen LogP) is 3.47. The molecule has 0 N–H and O–H groups in total. The summed E-state index contributed by atoms with van der Waals surface area (Å²) in [5.41, 5.74) is 0. The molecule has 0 spiro atoms. The Balaban J connectivity index is -0.000000320. The number of hydrogen-bond acceptors (Lipinski definition) is 4. The summed E-state index contributed by atoms with van der Waals surface area (Å²) in [5.74, 6) is -11.9. The van der Waals surface area contributed by atoms with E-state index in [1.807, 2.05) is 0 Å². The van der Waals surface area contributed by atoms with Gasteiger partial charge in [0.05, 0.1) is 0 Å². The van der Waals surface area contributed by atoms with Gasteiger partial charge in [-0.2, -0.15) is 0 Å². The third kappa shape index (κ3) is 21.6. The number of hydrogen-bond donors (Lipinski definition) is 0. The normalized spacial score (nSPS) is 10.7. The van der Waals surface area contributed by atoms with Crippen molar-refractivity contribution in [2.75, 3.05) is 0 Å². The molecule has 4 nitrogen and oxygen atoms in total.